The predicted octanol–water partition coefficient (Wildman–Crippen LogP) is 3.07. The molecule has 0 atom stereocenters. The van der Waals surface area contributed by atoms with Crippen LogP contribution in [0.25, 0.3) is 0 Å². The maximum Gasteiger partial charge on any atom is 0.338 e. The zero-order chi connectivity index (χ0) is 23.2. The molecule has 0 radical (unpaired) electrons. The molecule has 0 saturated carbocycles. The molecule has 0 heterocycles. The molecule has 31 heavy (non-hydrogen) atoms. The maximum absolute atomic E-state index is 12.7. The largest absolute Gasteiger partial charge is 0.452 e. The summed E-state index contributed by atoms with van der Waals surface area (Å²) in [7, 11) is -3.91. The van der Waals surface area contributed by atoms with Crippen LogP contribution >= 0.6 is 11.6 Å². The quantitative estimate of drug-likeness (QED) is 0.338. The van der Waals surface area contributed by atoms with Crippen LogP contribution in [0, 0.1) is 10.1 Å². The number of nitrogens with zero attached hydrogens (tertiary/aromatic N) is 2. The molecule has 0 spiro atoms. The molecule has 0 aliphatic carbocycles. The third kappa shape index (κ3) is 6.00. The monoisotopic (exact) mass is 469 g/mol. The molecule has 0 bridgehead atoms. The van der Waals surface area contributed by atoms with E-state index in [4.69, 9.17) is 16.3 Å². The first-order valence-electron chi connectivity index (χ1n) is 9.11. The lowest BCUT2D eigenvalue weighted by atomic mass is 10.2. The predicted molar refractivity (Wildman–Crippen MR) is 114 cm³/mol. The van der Waals surface area contributed by atoms with E-state index in [1.54, 1.807) is 13.8 Å². The molecule has 0 aliphatic heterocycles. The van der Waals surface area contributed by atoms with Gasteiger partial charge in [0.15, 0.2) is 6.61 Å². The molecule has 0 unspecified atom stereocenters. The summed E-state index contributed by atoms with van der Waals surface area (Å²) < 4.78 is 31.5. The van der Waals surface area contributed by atoms with Gasteiger partial charge in [-0.25, -0.2) is 13.2 Å². The van der Waals surface area contributed by atoms with Crippen LogP contribution in [0.15, 0.2) is 47.4 Å². The Labute approximate surface area is 184 Å². The summed E-state index contributed by atoms with van der Waals surface area (Å²) >= 11 is 6.03. The Morgan fingerprint density at radius 1 is 1.16 bits per heavy atom. The van der Waals surface area contributed by atoms with Crippen molar-refractivity contribution in [2.75, 3.05) is 25.0 Å². The van der Waals surface area contributed by atoms with Crippen LogP contribution in [0.2, 0.25) is 5.02 Å². The Morgan fingerprint density at radius 2 is 1.84 bits per heavy atom. The number of hydrogen-bond acceptors (Lipinski definition) is 7. The van der Waals surface area contributed by atoms with Gasteiger partial charge >= 0.3 is 5.97 Å². The molecule has 1 amide bonds. The second kappa shape index (κ2) is 10.3. The van der Waals surface area contributed by atoms with Crippen molar-refractivity contribution in [1.29, 1.82) is 0 Å². The number of carbonyl (C=O) groups is 2. The minimum absolute atomic E-state index is 0.0492. The Morgan fingerprint density at radius 3 is 2.45 bits per heavy atom. The van der Waals surface area contributed by atoms with Gasteiger partial charge in [0.1, 0.15) is 4.90 Å². The summed E-state index contributed by atoms with van der Waals surface area (Å²) in [6, 6.07) is 8.89. The third-order valence-electron chi connectivity index (χ3n) is 4.17. The maximum atomic E-state index is 12.7. The Bertz CT molecular complexity index is 1100. The lowest BCUT2D eigenvalue weighted by molar-refractivity contribution is -0.384. The van der Waals surface area contributed by atoms with Crippen molar-refractivity contribution in [2.24, 2.45) is 0 Å². The van der Waals surface area contributed by atoms with Crippen LogP contribution in [-0.2, 0) is 19.6 Å². The number of non-ortho nitro benzene ring substituents is 1. The molecule has 2 aromatic rings. The van der Waals surface area contributed by atoms with Gasteiger partial charge < -0.3 is 10.1 Å². The Kier molecular flexibility index (Phi) is 8.08. The van der Waals surface area contributed by atoms with E-state index in [-0.39, 0.29) is 39.9 Å². The van der Waals surface area contributed by atoms with Crippen LogP contribution in [-0.4, -0.2) is 49.2 Å². The lowest BCUT2D eigenvalue weighted by Crippen LogP contribution is -2.31. The van der Waals surface area contributed by atoms with Crippen molar-refractivity contribution in [1.82, 2.24) is 4.31 Å². The molecule has 166 valence electrons. The number of sulfonamides is 1. The van der Waals surface area contributed by atoms with Crippen LogP contribution in [0.1, 0.15) is 24.2 Å². The summed E-state index contributed by atoms with van der Waals surface area (Å²) in [5.41, 5.74) is -0.148. The number of esters is 1. The number of nitrogens with one attached hydrogen (secondary N) is 1. The van der Waals surface area contributed by atoms with Crippen molar-refractivity contribution in [2.45, 2.75) is 18.7 Å². The van der Waals surface area contributed by atoms with Crippen LogP contribution in [0.5, 0.6) is 0 Å². The molecular formula is C19H20ClN3O7S. The minimum Gasteiger partial charge on any atom is -0.452 e. The second-order valence-corrected chi connectivity index (χ2v) is 8.48. The zero-order valence-electron chi connectivity index (χ0n) is 16.7. The molecule has 2 rings (SSSR count). The molecule has 1 N–H and O–H groups in total. The van der Waals surface area contributed by atoms with Gasteiger partial charge in [-0.05, 0) is 24.3 Å². The smallest absolute Gasteiger partial charge is 0.338 e. The topological polar surface area (TPSA) is 136 Å². The van der Waals surface area contributed by atoms with Gasteiger partial charge in [0.2, 0.25) is 10.0 Å². The molecule has 0 saturated heterocycles. The number of anilines is 1. The fraction of sp³-hybridized carbons (Fsp3) is 0.263. The molecule has 2 aromatic carbocycles. The number of hydrogen-bond donors (Lipinski definition) is 1. The average Bonchev–Trinajstić information content (AvgIpc) is 2.73. The number of rotatable bonds is 9. The van der Waals surface area contributed by atoms with Crippen LogP contribution in [0.4, 0.5) is 11.4 Å². The molecule has 0 fully saturated rings. The van der Waals surface area contributed by atoms with Crippen molar-refractivity contribution in [3.05, 3.63) is 63.2 Å². The highest BCUT2D eigenvalue weighted by atomic mass is 35.5. The number of nitro groups is 1. The zero-order valence-corrected chi connectivity index (χ0v) is 18.3. The Balaban J connectivity index is 2.10. The van der Waals surface area contributed by atoms with Crippen LogP contribution < -0.4 is 5.32 Å². The minimum atomic E-state index is -3.91. The number of ether oxygens (including phenoxy) is 1. The van der Waals surface area contributed by atoms with Crippen molar-refractivity contribution < 1.29 is 27.7 Å². The molecule has 0 aromatic heterocycles. The first-order valence-corrected chi connectivity index (χ1v) is 10.9. The third-order valence-corrected chi connectivity index (χ3v) is 6.70. The van der Waals surface area contributed by atoms with Crippen molar-refractivity contribution >= 4 is 44.9 Å². The summed E-state index contributed by atoms with van der Waals surface area (Å²) in [6.45, 7) is 3.12. The van der Waals surface area contributed by atoms with Gasteiger partial charge in [-0.15, -0.1) is 0 Å². The molecule has 0 aliphatic rings. The SMILES string of the molecule is CCN(CC)S(=O)(=O)c1cc(C(=O)OCC(=O)Nc2cccc([N+](=O)[O-])c2)ccc1Cl. The summed E-state index contributed by atoms with van der Waals surface area (Å²) in [5.74, 6) is -1.65. The van der Waals surface area contributed by atoms with Gasteiger partial charge in [-0.2, -0.15) is 4.31 Å². The van der Waals surface area contributed by atoms with E-state index in [1.807, 2.05) is 0 Å². The number of halogens is 1. The van der Waals surface area contributed by atoms with E-state index in [1.165, 1.54) is 34.6 Å². The fourth-order valence-corrected chi connectivity index (χ4v) is 4.60. The van der Waals surface area contributed by atoms with Gasteiger partial charge in [-0.3, -0.25) is 14.9 Å². The van der Waals surface area contributed by atoms with E-state index >= 15 is 0 Å². The number of carbonyl (C=O) groups excluding carboxylic acids is 2. The van der Waals surface area contributed by atoms with Gasteiger partial charge in [-0.1, -0.05) is 31.5 Å². The van der Waals surface area contributed by atoms with Crippen molar-refractivity contribution in [3.8, 4) is 0 Å². The first-order chi connectivity index (χ1) is 14.6. The first kappa shape index (κ1) is 24.3. The van der Waals surface area contributed by atoms with E-state index in [2.05, 4.69) is 5.32 Å². The van der Waals surface area contributed by atoms with Gasteiger partial charge in [0.05, 0.1) is 15.5 Å². The fourth-order valence-electron chi connectivity index (χ4n) is 2.64. The van der Waals surface area contributed by atoms with E-state index in [9.17, 15) is 28.1 Å². The highest BCUT2D eigenvalue weighted by Gasteiger charge is 2.26. The van der Waals surface area contributed by atoms with Crippen LogP contribution in [0.3, 0.4) is 0 Å². The Hall–Kier alpha value is -3.02. The molecule has 10 nitrogen and oxygen atoms in total. The van der Waals surface area contributed by atoms with Crippen molar-refractivity contribution in [3.63, 3.8) is 0 Å². The second-order valence-electron chi connectivity index (χ2n) is 6.17. The van der Waals surface area contributed by atoms with E-state index in [0.717, 1.165) is 12.1 Å². The van der Waals surface area contributed by atoms with E-state index in [0.29, 0.717) is 0 Å². The normalized spacial score (nSPS) is 11.2. The highest BCUT2D eigenvalue weighted by molar-refractivity contribution is 7.89. The van der Waals surface area contributed by atoms with E-state index < -0.39 is 33.4 Å². The van der Waals surface area contributed by atoms with Gasteiger partial charge in [0.25, 0.3) is 11.6 Å². The lowest BCUT2D eigenvalue weighted by Gasteiger charge is -2.19. The number of amides is 1. The number of nitro benzene ring substituents is 1. The number of benzene rings is 2. The van der Waals surface area contributed by atoms with Gasteiger partial charge in [0, 0.05) is 30.9 Å². The molecule has 12 heteroatoms. The standard InChI is InChI=1S/C19H20ClN3O7S/c1-3-22(4-2)31(28,29)17-10-13(8-9-16(17)20)19(25)30-12-18(24)21-14-6-5-7-15(11-14)23(26)27/h5-11H,3-4,12H2,1-2H3,(H,21,24). The molecular weight excluding hydrogens is 450 g/mol. The summed E-state index contributed by atoms with van der Waals surface area (Å²) in [4.78, 5) is 34.2. The summed E-state index contributed by atoms with van der Waals surface area (Å²) in [5, 5.41) is 13.1. The highest BCUT2D eigenvalue weighted by Crippen LogP contribution is 2.26. The summed E-state index contributed by atoms with van der Waals surface area (Å²) in [6.07, 6.45) is 0. The average molecular weight is 470 g/mol.